The predicted molar refractivity (Wildman–Crippen MR) is 54.1 cm³/mol. The highest BCUT2D eigenvalue weighted by atomic mass is 16.1. The average Bonchev–Trinajstić information content (AvgIpc) is 2.15. The highest BCUT2D eigenvalue weighted by Crippen LogP contribution is 2.08. The quantitative estimate of drug-likeness (QED) is 0.710. The van der Waals surface area contributed by atoms with Crippen LogP contribution >= 0.6 is 0 Å². The molecule has 0 aliphatic heterocycles. The first-order valence-electron chi connectivity index (χ1n) is 4.49. The molecule has 70 valence electrons. The van der Waals surface area contributed by atoms with Crippen LogP contribution in [0.5, 0.6) is 0 Å². The fourth-order valence-electron chi connectivity index (χ4n) is 1.26. The van der Waals surface area contributed by atoms with Crippen LogP contribution in [0.4, 0.5) is 0 Å². The summed E-state index contributed by atoms with van der Waals surface area (Å²) in [6.45, 7) is 2.71. The number of rotatable bonds is 4. The van der Waals surface area contributed by atoms with Gasteiger partial charge in [0, 0.05) is 18.5 Å². The van der Waals surface area contributed by atoms with Gasteiger partial charge in [0.2, 0.25) is 0 Å². The van der Waals surface area contributed by atoms with Crippen LogP contribution in [0.1, 0.15) is 22.3 Å². The Hall–Kier alpha value is -1.15. The molecule has 1 aromatic rings. The summed E-state index contributed by atoms with van der Waals surface area (Å²) in [6.07, 6.45) is 0.571. The summed E-state index contributed by atoms with van der Waals surface area (Å²) in [5.74, 6) is 0.215. The molecule has 0 unspecified atom stereocenters. The number of carbonyl (C=O) groups is 1. The van der Waals surface area contributed by atoms with Crippen molar-refractivity contribution in [3.63, 3.8) is 0 Å². The lowest BCUT2D eigenvalue weighted by atomic mass is 10.0. The highest BCUT2D eigenvalue weighted by Gasteiger charge is 2.06. The van der Waals surface area contributed by atoms with Gasteiger partial charge in [0.05, 0.1) is 0 Å². The molecule has 0 atom stereocenters. The molecule has 0 aromatic heterocycles. The molecule has 0 fully saturated rings. The minimum atomic E-state index is 0.215. The summed E-state index contributed by atoms with van der Waals surface area (Å²) < 4.78 is 0. The molecule has 0 saturated heterocycles. The second kappa shape index (κ2) is 4.77. The molecule has 0 saturated carbocycles. The maximum atomic E-state index is 11.6. The Labute approximate surface area is 79.0 Å². The van der Waals surface area contributed by atoms with Gasteiger partial charge in [-0.1, -0.05) is 24.3 Å². The lowest BCUT2D eigenvalue weighted by Gasteiger charge is -2.03. The molecule has 1 N–H and O–H groups in total. The highest BCUT2D eigenvalue weighted by molar-refractivity contribution is 5.97. The van der Waals surface area contributed by atoms with Crippen LogP contribution in [-0.4, -0.2) is 19.4 Å². The van der Waals surface area contributed by atoms with Crippen LogP contribution in [0.15, 0.2) is 24.3 Å². The molecular formula is C11H15NO. The lowest BCUT2D eigenvalue weighted by molar-refractivity contribution is 0.0982. The van der Waals surface area contributed by atoms with Crippen molar-refractivity contribution >= 4 is 5.78 Å². The van der Waals surface area contributed by atoms with Gasteiger partial charge in [-0.25, -0.2) is 0 Å². The Kier molecular flexibility index (Phi) is 3.65. The van der Waals surface area contributed by atoms with Gasteiger partial charge in [0.1, 0.15) is 0 Å². The topological polar surface area (TPSA) is 29.1 Å². The van der Waals surface area contributed by atoms with E-state index in [1.807, 2.05) is 38.2 Å². The normalized spacial score (nSPS) is 10.0. The molecule has 0 aliphatic rings. The number of ketones is 1. The summed E-state index contributed by atoms with van der Waals surface area (Å²) in [4.78, 5) is 11.6. The Balaban J connectivity index is 2.71. The summed E-state index contributed by atoms with van der Waals surface area (Å²) in [5.41, 5.74) is 1.90. The molecule has 1 aromatic carbocycles. The minimum Gasteiger partial charge on any atom is -0.319 e. The molecule has 0 amide bonds. The zero-order chi connectivity index (χ0) is 9.68. The molecule has 0 spiro atoms. The van der Waals surface area contributed by atoms with Gasteiger partial charge in [-0.2, -0.15) is 0 Å². The predicted octanol–water partition coefficient (Wildman–Crippen LogP) is 1.79. The van der Waals surface area contributed by atoms with E-state index in [9.17, 15) is 4.79 Å². The zero-order valence-electron chi connectivity index (χ0n) is 8.13. The van der Waals surface area contributed by atoms with Crippen molar-refractivity contribution in [3.8, 4) is 0 Å². The van der Waals surface area contributed by atoms with Gasteiger partial charge in [-0.05, 0) is 19.5 Å². The van der Waals surface area contributed by atoms with E-state index in [0.29, 0.717) is 6.42 Å². The Morgan fingerprint density at radius 1 is 1.38 bits per heavy atom. The van der Waals surface area contributed by atoms with Gasteiger partial charge in [0.15, 0.2) is 5.78 Å². The van der Waals surface area contributed by atoms with Crippen molar-refractivity contribution in [3.05, 3.63) is 35.4 Å². The Morgan fingerprint density at radius 2 is 2.08 bits per heavy atom. The number of benzene rings is 1. The second-order valence-corrected chi connectivity index (χ2v) is 3.09. The van der Waals surface area contributed by atoms with Crippen LogP contribution in [-0.2, 0) is 0 Å². The molecule has 13 heavy (non-hydrogen) atoms. The van der Waals surface area contributed by atoms with Gasteiger partial charge in [-0.3, -0.25) is 4.79 Å². The van der Waals surface area contributed by atoms with Crippen LogP contribution in [0, 0.1) is 6.92 Å². The van der Waals surface area contributed by atoms with Crippen LogP contribution in [0.3, 0.4) is 0 Å². The van der Waals surface area contributed by atoms with Crippen molar-refractivity contribution < 1.29 is 4.79 Å². The molecule has 2 nitrogen and oxygen atoms in total. The van der Waals surface area contributed by atoms with Crippen LogP contribution in [0.25, 0.3) is 0 Å². The average molecular weight is 177 g/mol. The van der Waals surface area contributed by atoms with E-state index < -0.39 is 0 Å². The third-order valence-corrected chi connectivity index (χ3v) is 2.05. The fraction of sp³-hybridized carbons (Fsp3) is 0.364. The molecule has 0 heterocycles. The number of hydrogen-bond donors (Lipinski definition) is 1. The molecule has 1 rings (SSSR count). The Bertz CT molecular complexity index is 294. The van der Waals surface area contributed by atoms with Crippen molar-refractivity contribution in [1.29, 1.82) is 0 Å². The zero-order valence-corrected chi connectivity index (χ0v) is 8.13. The van der Waals surface area contributed by atoms with Gasteiger partial charge in [-0.15, -0.1) is 0 Å². The summed E-state index contributed by atoms with van der Waals surface area (Å²) in [6, 6.07) is 7.70. The number of carbonyl (C=O) groups excluding carboxylic acids is 1. The smallest absolute Gasteiger partial charge is 0.164 e. The standard InChI is InChI=1S/C11H15NO/c1-9-5-3-4-6-10(9)11(13)7-8-12-2/h3-6,12H,7-8H2,1-2H3. The number of Topliss-reactive ketones (excluding diaryl/α,β-unsaturated/α-hetero) is 1. The minimum absolute atomic E-state index is 0.215. The van der Waals surface area contributed by atoms with Crippen LogP contribution < -0.4 is 5.32 Å². The van der Waals surface area contributed by atoms with E-state index >= 15 is 0 Å². The molecule has 0 aliphatic carbocycles. The van der Waals surface area contributed by atoms with Crippen molar-refractivity contribution in [1.82, 2.24) is 5.32 Å². The van der Waals surface area contributed by atoms with Crippen molar-refractivity contribution in [2.45, 2.75) is 13.3 Å². The SMILES string of the molecule is CNCCC(=O)c1ccccc1C. The number of nitrogens with one attached hydrogen (secondary N) is 1. The molecule has 2 heteroatoms. The first-order chi connectivity index (χ1) is 6.25. The van der Waals surface area contributed by atoms with Gasteiger partial charge < -0.3 is 5.32 Å². The number of aryl methyl sites for hydroxylation is 1. The third-order valence-electron chi connectivity index (χ3n) is 2.05. The summed E-state index contributed by atoms with van der Waals surface area (Å²) >= 11 is 0. The maximum Gasteiger partial charge on any atom is 0.164 e. The maximum absolute atomic E-state index is 11.6. The van der Waals surface area contributed by atoms with Crippen molar-refractivity contribution in [2.24, 2.45) is 0 Å². The first-order valence-corrected chi connectivity index (χ1v) is 4.49. The monoisotopic (exact) mass is 177 g/mol. The second-order valence-electron chi connectivity index (χ2n) is 3.09. The Morgan fingerprint density at radius 3 is 2.69 bits per heavy atom. The molecule has 0 bridgehead atoms. The third kappa shape index (κ3) is 2.67. The lowest BCUT2D eigenvalue weighted by Crippen LogP contribution is -2.13. The van der Waals surface area contributed by atoms with Gasteiger partial charge >= 0.3 is 0 Å². The van der Waals surface area contributed by atoms with Gasteiger partial charge in [0.25, 0.3) is 0 Å². The van der Waals surface area contributed by atoms with E-state index in [4.69, 9.17) is 0 Å². The van der Waals surface area contributed by atoms with E-state index in [-0.39, 0.29) is 5.78 Å². The van der Waals surface area contributed by atoms with E-state index in [1.165, 1.54) is 0 Å². The first kappa shape index (κ1) is 9.93. The fourth-order valence-corrected chi connectivity index (χ4v) is 1.26. The number of hydrogen-bond acceptors (Lipinski definition) is 2. The van der Waals surface area contributed by atoms with Crippen molar-refractivity contribution in [2.75, 3.05) is 13.6 Å². The molecular weight excluding hydrogens is 162 g/mol. The van der Waals surface area contributed by atoms with E-state index in [2.05, 4.69) is 5.32 Å². The largest absolute Gasteiger partial charge is 0.319 e. The summed E-state index contributed by atoms with van der Waals surface area (Å²) in [5, 5.41) is 2.97. The molecule has 0 radical (unpaired) electrons. The van der Waals surface area contributed by atoms with E-state index in [1.54, 1.807) is 0 Å². The van der Waals surface area contributed by atoms with Crippen LogP contribution in [0.2, 0.25) is 0 Å². The van der Waals surface area contributed by atoms with E-state index in [0.717, 1.165) is 17.7 Å². The summed E-state index contributed by atoms with van der Waals surface area (Å²) in [7, 11) is 1.85.